The molecule has 2 fully saturated rings. The SMILES string of the molecule is COCCCC1CCN(Nc2nc(Cl)nc3c2ncn3C2CCCC2)CC1. The fraction of sp³-hybridized carbons (Fsp3) is 0.737. The number of fused-ring (bicyclic) bond motifs is 1. The van der Waals surface area contributed by atoms with Gasteiger partial charge in [0, 0.05) is 32.8 Å². The van der Waals surface area contributed by atoms with E-state index in [1.807, 2.05) is 6.33 Å². The van der Waals surface area contributed by atoms with E-state index in [1.54, 1.807) is 7.11 Å². The van der Waals surface area contributed by atoms with Crippen LogP contribution in [-0.2, 0) is 4.74 Å². The van der Waals surface area contributed by atoms with Crippen LogP contribution in [0.25, 0.3) is 11.2 Å². The first-order chi connectivity index (χ1) is 13.2. The average molecular weight is 393 g/mol. The topological polar surface area (TPSA) is 68.1 Å². The minimum absolute atomic E-state index is 0.277. The second-order valence-corrected chi connectivity index (χ2v) is 8.12. The number of anilines is 1. The number of halogens is 1. The smallest absolute Gasteiger partial charge is 0.226 e. The maximum atomic E-state index is 6.24. The molecule has 0 unspecified atom stereocenters. The molecule has 8 heteroatoms. The third-order valence-electron chi connectivity index (χ3n) is 5.95. The normalized spacial score (nSPS) is 19.9. The number of imidazole rings is 1. The molecule has 1 saturated carbocycles. The molecule has 1 aliphatic heterocycles. The molecule has 2 aromatic heterocycles. The van der Waals surface area contributed by atoms with Gasteiger partial charge in [-0.2, -0.15) is 9.97 Å². The molecule has 1 saturated heterocycles. The number of nitrogens with zero attached hydrogens (tertiary/aromatic N) is 5. The summed E-state index contributed by atoms with van der Waals surface area (Å²) in [5.74, 6) is 1.51. The molecule has 0 atom stereocenters. The Hall–Kier alpha value is -1.44. The highest BCUT2D eigenvalue weighted by Crippen LogP contribution is 2.33. The first kappa shape index (κ1) is 18.9. The number of rotatable bonds is 7. The molecule has 148 valence electrons. The minimum atomic E-state index is 0.277. The Labute approximate surface area is 165 Å². The van der Waals surface area contributed by atoms with E-state index in [0.29, 0.717) is 6.04 Å². The number of aromatic nitrogens is 4. The zero-order valence-electron chi connectivity index (χ0n) is 16.0. The van der Waals surface area contributed by atoms with Crippen LogP contribution >= 0.6 is 11.6 Å². The molecular weight excluding hydrogens is 364 g/mol. The number of hydrazine groups is 1. The van der Waals surface area contributed by atoms with Crippen molar-refractivity contribution in [1.82, 2.24) is 24.5 Å². The number of piperidine rings is 1. The fourth-order valence-electron chi connectivity index (χ4n) is 4.42. The van der Waals surface area contributed by atoms with Crippen LogP contribution in [0.2, 0.25) is 5.28 Å². The van der Waals surface area contributed by atoms with E-state index in [2.05, 4.69) is 30.0 Å². The average Bonchev–Trinajstić information content (AvgIpc) is 3.32. The first-order valence-corrected chi connectivity index (χ1v) is 10.5. The van der Waals surface area contributed by atoms with Crippen LogP contribution in [0.1, 0.15) is 57.4 Å². The molecule has 2 aliphatic rings. The van der Waals surface area contributed by atoms with Gasteiger partial charge in [0.1, 0.15) is 0 Å². The van der Waals surface area contributed by atoms with Crippen molar-refractivity contribution in [1.29, 1.82) is 0 Å². The maximum Gasteiger partial charge on any atom is 0.226 e. The van der Waals surface area contributed by atoms with Gasteiger partial charge >= 0.3 is 0 Å². The van der Waals surface area contributed by atoms with Crippen LogP contribution < -0.4 is 5.43 Å². The van der Waals surface area contributed by atoms with Crippen molar-refractivity contribution in [3.63, 3.8) is 0 Å². The standard InChI is InChI=1S/C19H29ClN6O/c1-27-12-4-5-14-8-10-25(11-9-14)24-17-16-18(23-19(20)22-17)26(13-21-16)15-6-2-3-7-15/h13-15H,2-12H2,1H3,(H,22,23,24). The Morgan fingerprint density at radius 3 is 2.70 bits per heavy atom. The zero-order valence-corrected chi connectivity index (χ0v) is 16.8. The van der Waals surface area contributed by atoms with Gasteiger partial charge in [0.2, 0.25) is 5.28 Å². The quantitative estimate of drug-likeness (QED) is 0.566. The van der Waals surface area contributed by atoms with E-state index in [0.717, 1.165) is 49.0 Å². The van der Waals surface area contributed by atoms with Gasteiger partial charge in [-0.15, -0.1) is 0 Å². The second-order valence-electron chi connectivity index (χ2n) is 7.78. The molecule has 0 amide bonds. The van der Waals surface area contributed by atoms with Crippen LogP contribution in [0.15, 0.2) is 6.33 Å². The predicted molar refractivity (Wildman–Crippen MR) is 107 cm³/mol. The maximum absolute atomic E-state index is 6.24. The van der Waals surface area contributed by atoms with Gasteiger partial charge in [-0.05, 0) is 56.0 Å². The van der Waals surface area contributed by atoms with E-state index in [9.17, 15) is 0 Å². The summed E-state index contributed by atoms with van der Waals surface area (Å²) in [7, 11) is 1.77. The van der Waals surface area contributed by atoms with Crippen molar-refractivity contribution in [2.45, 2.75) is 57.4 Å². The van der Waals surface area contributed by atoms with E-state index < -0.39 is 0 Å². The highest BCUT2D eigenvalue weighted by molar-refractivity contribution is 6.28. The van der Waals surface area contributed by atoms with Crippen molar-refractivity contribution in [2.75, 3.05) is 32.2 Å². The number of methoxy groups -OCH3 is 1. The minimum Gasteiger partial charge on any atom is -0.385 e. The lowest BCUT2D eigenvalue weighted by molar-refractivity contribution is 0.167. The third kappa shape index (κ3) is 4.36. The summed E-state index contributed by atoms with van der Waals surface area (Å²) in [4.78, 5) is 13.5. The highest BCUT2D eigenvalue weighted by atomic mass is 35.5. The summed E-state index contributed by atoms with van der Waals surface area (Å²) < 4.78 is 7.35. The largest absolute Gasteiger partial charge is 0.385 e. The predicted octanol–water partition coefficient (Wildman–Crippen LogP) is 4.06. The summed E-state index contributed by atoms with van der Waals surface area (Å²) in [5.41, 5.74) is 5.11. The molecule has 1 N–H and O–H groups in total. The van der Waals surface area contributed by atoms with Gasteiger partial charge in [-0.25, -0.2) is 9.99 Å². The number of nitrogens with one attached hydrogen (secondary N) is 1. The van der Waals surface area contributed by atoms with Crippen molar-refractivity contribution in [2.24, 2.45) is 5.92 Å². The van der Waals surface area contributed by atoms with Crippen LogP contribution in [-0.4, -0.2) is 51.3 Å². The van der Waals surface area contributed by atoms with E-state index >= 15 is 0 Å². The zero-order chi connectivity index (χ0) is 18.6. The summed E-state index contributed by atoms with van der Waals surface area (Å²) in [6, 6.07) is 0.483. The molecule has 3 heterocycles. The lowest BCUT2D eigenvalue weighted by Crippen LogP contribution is -2.38. The lowest BCUT2D eigenvalue weighted by Gasteiger charge is -2.32. The Morgan fingerprint density at radius 1 is 1.19 bits per heavy atom. The van der Waals surface area contributed by atoms with Crippen molar-refractivity contribution in [3.8, 4) is 0 Å². The van der Waals surface area contributed by atoms with Gasteiger partial charge in [-0.1, -0.05) is 12.8 Å². The Balaban J connectivity index is 1.43. The molecule has 27 heavy (non-hydrogen) atoms. The molecule has 2 aromatic rings. The molecule has 0 aromatic carbocycles. The molecule has 0 radical (unpaired) electrons. The summed E-state index contributed by atoms with van der Waals surface area (Å²) >= 11 is 6.24. The summed E-state index contributed by atoms with van der Waals surface area (Å²) in [6.45, 7) is 2.87. The van der Waals surface area contributed by atoms with Crippen molar-refractivity contribution >= 4 is 28.6 Å². The Morgan fingerprint density at radius 2 is 1.96 bits per heavy atom. The number of hydrogen-bond acceptors (Lipinski definition) is 6. The number of ether oxygens (including phenoxy) is 1. The molecule has 1 aliphatic carbocycles. The first-order valence-electron chi connectivity index (χ1n) is 10.1. The second kappa shape index (κ2) is 8.71. The van der Waals surface area contributed by atoms with E-state index in [-0.39, 0.29) is 5.28 Å². The lowest BCUT2D eigenvalue weighted by atomic mass is 9.93. The Bertz CT molecular complexity index is 752. The molecule has 4 rings (SSSR count). The van der Waals surface area contributed by atoms with Crippen molar-refractivity contribution in [3.05, 3.63) is 11.6 Å². The van der Waals surface area contributed by atoms with Crippen LogP contribution in [0.4, 0.5) is 5.82 Å². The van der Waals surface area contributed by atoms with Crippen LogP contribution in [0, 0.1) is 5.92 Å². The fourth-order valence-corrected chi connectivity index (χ4v) is 4.58. The van der Waals surface area contributed by atoms with Crippen molar-refractivity contribution < 1.29 is 4.74 Å². The van der Waals surface area contributed by atoms with Gasteiger partial charge in [0.15, 0.2) is 17.0 Å². The van der Waals surface area contributed by atoms with Crippen LogP contribution in [0.3, 0.4) is 0 Å². The van der Waals surface area contributed by atoms with Crippen LogP contribution in [0.5, 0.6) is 0 Å². The molecular formula is C19H29ClN6O. The van der Waals surface area contributed by atoms with E-state index in [4.69, 9.17) is 16.3 Å². The van der Waals surface area contributed by atoms with E-state index in [1.165, 1.54) is 44.9 Å². The third-order valence-corrected chi connectivity index (χ3v) is 6.12. The van der Waals surface area contributed by atoms with Gasteiger partial charge < -0.3 is 14.7 Å². The summed E-state index contributed by atoms with van der Waals surface area (Å²) in [5, 5.41) is 2.51. The highest BCUT2D eigenvalue weighted by Gasteiger charge is 2.23. The molecule has 0 spiro atoms. The molecule has 7 nitrogen and oxygen atoms in total. The summed E-state index contributed by atoms with van der Waals surface area (Å²) in [6.07, 6.45) is 11.6. The molecule has 0 bridgehead atoms. The monoisotopic (exact) mass is 392 g/mol. The van der Waals surface area contributed by atoms with Gasteiger partial charge in [0.25, 0.3) is 0 Å². The van der Waals surface area contributed by atoms with Gasteiger partial charge in [0.05, 0.1) is 6.33 Å². The van der Waals surface area contributed by atoms with Gasteiger partial charge in [-0.3, -0.25) is 0 Å². The Kier molecular flexibility index (Phi) is 6.10. The number of hydrogen-bond donors (Lipinski definition) is 1.